The molecule has 2 rings (SSSR count). The van der Waals surface area contributed by atoms with Crippen LogP contribution in [0.25, 0.3) is 0 Å². The van der Waals surface area contributed by atoms with Gasteiger partial charge in [0.2, 0.25) is 0 Å². The van der Waals surface area contributed by atoms with Crippen LogP contribution < -0.4 is 17.2 Å². The molecule has 1 heterocycles. The zero-order chi connectivity index (χ0) is 19.8. The Morgan fingerprint density at radius 2 is 1.92 bits per heavy atom. The van der Waals surface area contributed by atoms with E-state index in [0.29, 0.717) is 31.1 Å². The summed E-state index contributed by atoms with van der Waals surface area (Å²) in [5.41, 5.74) is 16.1. The van der Waals surface area contributed by atoms with Crippen LogP contribution >= 0.6 is 0 Å². The first-order valence-corrected chi connectivity index (χ1v) is 9.03. The average molecular weight is 371 g/mol. The summed E-state index contributed by atoms with van der Waals surface area (Å²) < 4.78 is 4.76. The van der Waals surface area contributed by atoms with Crippen molar-refractivity contribution in [2.75, 3.05) is 6.54 Å². The fourth-order valence-electron chi connectivity index (χ4n) is 2.31. The van der Waals surface area contributed by atoms with Crippen molar-refractivity contribution in [1.29, 1.82) is 0 Å². The molecule has 150 valence electrons. The van der Waals surface area contributed by atoms with Crippen LogP contribution in [0.15, 0.2) is 16.5 Å². The third kappa shape index (κ3) is 12.6. The minimum atomic E-state index is -0.933. The maximum absolute atomic E-state index is 10.1. The minimum absolute atomic E-state index is 0.159. The van der Waals surface area contributed by atoms with E-state index in [2.05, 4.69) is 0 Å². The predicted molar refractivity (Wildman–Crippen MR) is 99.6 cm³/mol. The maximum Gasteiger partial charge on any atom is 0.320 e. The molecule has 1 saturated carbocycles. The molecule has 1 aliphatic rings. The lowest BCUT2D eigenvalue weighted by molar-refractivity contribution is -0.138. The average Bonchev–Trinajstić information content (AvgIpc) is 3.12. The molecule has 1 aliphatic carbocycles. The number of carbonyl (C=O) groups is 2. The van der Waals surface area contributed by atoms with Crippen LogP contribution in [0.5, 0.6) is 0 Å². The number of aldehydes is 1. The van der Waals surface area contributed by atoms with Crippen LogP contribution in [0.2, 0.25) is 0 Å². The van der Waals surface area contributed by atoms with Gasteiger partial charge in [0.25, 0.3) is 0 Å². The van der Waals surface area contributed by atoms with Crippen LogP contribution in [0.1, 0.15) is 67.7 Å². The molecule has 8 nitrogen and oxygen atoms in total. The Morgan fingerprint density at radius 1 is 1.27 bits per heavy atom. The van der Waals surface area contributed by atoms with E-state index in [-0.39, 0.29) is 12.4 Å². The molecule has 0 aromatic carbocycles. The topological polar surface area (TPSA) is 166 Å². The Labute approximate surface area is 154 Å². The van der Waals surface area contributed by atoms with Crippen LogP contribution in [0.4, 0.5) is 0 Å². The number of aliphatic hydroxyl groups is 1. The molecule has 1 fully saturated rings. The molecule has 1 aromatic heterocycles. The van der Waals surface area contributed by atoms with Crippen LogP contribution in [0, 0.1) is 0 Å². The maximum atomic E-state index is 10.1. The van der Waals surface area contributed by atoms with E-state index < -0.39 is 12.0 Å². The third-order valence-corrected chi connectivity index (χ3v) is 3.89. The molecule has 8 N–H and O–H groups in total. The Morgan fingerprint density at radius 3 is 2.27 bits per heavy atom. The van der Waals surface area contributed by atoms with E-state index in [1.165, 1.54) is 38.2 Å². The molecule has 0 radical (unpaired) electrons. The number of rotatable bonds is 7. The highest BCUT2D eigenvalue weighted by Gasteiger charge is 2.09. The summed E-state index contributed by atoms with van der Waals surface area (Å²) in [4.78, 5) is 20.1. The van der Waals surface area contributed by atoms with Gasteiger partial charge in [-0.1, -0.05) is 25.7 Å². The summed E-state index contributed by atoms with van der Waals surface area (Å²) in [7, 11) is 0. The molecular formula is C18H33N3O5. The van der Waals surface area contributed by atoms with Gasteiger partial charge in [0, 0.05) is 6.04 Å². The van der Waals surface area contributed by atoms with Gasteiger partial charge in [-0.2, -0.15) is 0 Å². The highest BCUT2D eigenvalue weighted by Crippen LogP contribution is 2.14. The van der Waals surface area contributed by atoms with Gasteiger partial charge in [0.1, 0.15) is 18.4 Å². The molecule has 0 unspecified atom stereocenters. The first-order chi connectivity index (χ1) is 12.4. The van der Waals surface area contributed by atoms with Crippen molar-refractivity contribution in [3.8, 4) is 0 Å². The molecule has 0 aliphatic heterocycles. The van der Waals surface area contributed by atoms with Crippen molar-refractivity contribution in [3.05, 3.63) is 23.7 Å². The standard InChI is InChI=1S/C6H14N2O2.C6H13N.C6H6O3/c7-4-2-1-3-5(8)6(9)10;7-6-4-2-1-3-5-6;7-3-5-1-2-6(4-8)9-5/h5H,1-4,7-8H2,(H,9,10);6H,1-5,7H2;1-3,8H,4H2/t5-;;/m0../s1. The molecule has 0 bridgehead atoms. The van der Waals surface area contributed by atoms with Crippen LogP contribution in [-0.4, -0.2) is 41.1 Å². The fourth-order valence-corrected chi connectivity index (χ4v) is 2.31. The van der Waals surface area contributed by atoms with Gasteiger partial charge in [-0.25, -0.2) is 0 Å². The van der Waals surface area contributed by atoms with Gasteiger partial charge < -0.3 is 31.8 Å². The van der Waals surface area contributed by atoms with E-state index in [1.807, 2.05) is 0 Å². The van der Waals surface area contributed by atoms with Crippen molar-refractivity contribution in [2.45, 2.75) is 70.1 Å². The highest BCUT2D eigenvalue weighted by atomic mass is 16.4. The molecule has 0 amide bonds. The number of hydrogen-bond donors (Lipinski definition) is 5. The first kappa shape index (κ1) is 24.3. The first-order valence-electron chi connectivity index (χ1n) is 9.03. The molecule has 0 saturated heterocycles. The van der Waals surface area contributed by atoms with Crippen LogP contribution in [-0.2, 0) is 11.4 Å². The summed E-state index contributed by atoms with van der Waals surface area (Å²) in [5, 5.41) is 16.8. The number of aliphatic hydroxyl groups excluding tert-OH is 1. The second kappa shape index (κ2) is 15.5. The number of carbonyl (C=O) groups excluding carboxylic acids is 1. The smallest absolute Gasteiger partial charge is 0.320 e. The van der Waals surface area contributed by atoms with Gasteiger partial charge in [-0.05, 0) is 44.4 Å². The second-order valence-electron chi connectivity index (χ2n) is 6.21. The van der Waals surface area contributed by atoms with Gasteiger partial charge in [-0.15, -0.1) is 0 Å². The predicted octanol–water partition coefficient (Wildman–Crippen LogP) is 1.39. The molecule has 1 aromatic rings. The van der Waals surface area contributed by atoms with Crippen molar-refractivity contribution in [2.24, 2.45) is 17.2 Å². The van der Waals surface area contributed by atoms with Crippen molar-refractivity contribution < 1.29 is 24.2 Å². The van der Waals surface area contributed by atoms with Crippen molar-refractivity contribution >= 4 is 12.3 Å². The minimum Gasteiger partial charge on any atom is -0.480 e. The summed E-state index contributed by atoms with van der Waals surface area (Å²) in [6, 6.07) is 2.89. The highest BCUT2D eigenvalue weighted by molar-refractivity contribution is 5.72. The number of hydrogen-bond acceptors (Lipinski definition) is 7. The summed E-state index contributed by atoms with van der Waals surface area (Å²) in [5.74, 6) is -0.270. The Kier molecular flexibility index (Phi) is 14.5. The zero-order valence-electron chi connectivity index (χ0n) is 15.3. The van der Waals surface area contributed by atoms with Crippen molar-refractivity contribution in [1.82, 2.24) is 0 Å². The molecule has 8 heteroatoms. The van der Waals surface area contributed by atoms with E-state index >= 15 is 0 Å². The van der Waals surface area contributed by atoms with Crippen molar-refractivity contribution in [3.63, 3.8) is 0 Å². The van der Waals surface area contributed by atoms with E-state index in [9.17, 15) is 9.59 Å². The van der Waals surface area contributed by atoms with Gasteiger partial charge in [-0.3, -0.25) is 9.59 Å². The normalized spacial score (nSPS) is 15.1. The van der Waals surface area contributed by atoms with E-state index in [1.54, 1.807) is 6.07 Å². The molecule has 1 atom stereocenters. The molecular weight excluding hydrogens is 338 g/mol. The van der Waals surface area contributed by atoms with Gasteiger partial charge in [0.05, 0.1) is 0 Å². The summed E-state index contributed by atoms with van der Waals surface area (Å²) in [6.45, 7) is 0.445. The summed E-state index contributed by atoms with van der Waals surface area (Å²) in [6.07, 6.45) is 9.42. The lowest BCUT2D eigenvalue weighted by Crippen LogP contribution is -2.29. The van der Waals surface area contributed by atoms with Gasteiger partial charge >= 0.3 is 5.97 Å². The third-order valence-electron chi connectivity index (χ3n) is 3.89. The lowest BCUT2D eigenvalue weighted by atomic mass is 9.97. The number of carboxylic acid groups (broad SMARTS) is 1. The monoisotopic (exact) mass is 371 g/mol. The number of carboxylic acids is 1. The van der Waals surface area contributed by atoms with E-state index in [0.717, 1.165) is 12.8 Å². The Hall–Kier alpha value is -1.74. The second-order valence-corrected chi connectivity index (χ2v) is 6.21. The number of nitrogens with two attached hydrogens (primary N) is 3. The SMILES string of the molecule is NC1CCCCC1.NCCCC[C@H](N)C(=O)O.O=Cc1ccc(CO)o1. The molecule has 26 heavy (non-hydrogen) atoms. The number of aliphatic carboxylic acids is 1. The lowest BCUT2D eigenvalue weighted by Gasteiger charge is -2.15. The Bertz CT molecular complexity index is 487. The fraction of sp³-hybridized carbons (Fsp3) is 0.667. The number of furan rings is 1. The van der Waals surface area contributed by atoms with E-state index in [4.69, 9.17) is 31.8 Å². The van der Waals surface area contributed by atoms with Gasteiger partial charge in [0.15, 0.2) is 12.0 Å². The number of unbranched alkanes of at least 4 members (excludes halogenated alkanes) is 1. The molecule has 0 spiro atoms. The quantitative estimate of drug-likeness (QED) is 0.354. The van der Waals surface area contributed by atoms with Crippen LogP contribution in [0.3, 0.4) is 0 Å². The Balaban J connectivity index is 0.000000365. The largest absolute Gasteiger partial charge is 0.480 e. The summed E-state index contributed by atoms with van der Waals surface area (Å²) >= 11 is 0. The zero-order valence-corrected chi connectivity index (χ0v) is 15.3.